The third-order valence-electron chi connectivity index (χ3n) is 4.34. The van der Waals surface area contributed by atoms with Gasteiger partial charge in [-0.25, -0.2) is 4.79 Å². The van der Waals surface area contributed by atoms with Gasteiger partial charge in [0.05, 0.1) is 12.0 Å². The molecule has 120 valence electrons. The van der Waals surface area contributed by atoms with Crippen LogP contribution in [0.4, 0.5) is 0 Å². The summed E-state index contributed by atoms with van der Waals surface area (Å²) in [5.74, 6) is -1.56. The normalized spacial score (nSPS) is 19.4. The number of rotatable bonds is 5. The lowest BCUT2D eigenvalue weighted by atomic mass is 9.78. The van der Waals surface area contributed by atoms with Crippen LogP contribution >= 0.6 is 15.9 Å². The molecule has 0 aromatic heterocycles. The van der Waals surface area contributed by atoms with Crippen molar-refractivity contribution >= 4 is 27.8 Å². The van der Waals surface area contributed by atoms with E-state index in [9.17, 15) is 14.7 Å². The SMILES string of the molecule is CC(O)(CNC(=O)C1(c2ccc(Br)cc2)CCCC1)C(=O)O. The Morgan fingerprint density at radius 3 is 2.32 bits per heavy atom. The molecule has 1 aromatic carbocycles. The van der Waals surface area contributed by atoms with E-state index in [1.54, 1.807) is 0 Å². The van der Waals surface area contributed by atoms with Gasteiger partial charge in [-0.2, -0.15) is 0 Å². The zero-order valence-electron chi connectivity index (χ0n) is 12.4. The summed E-state index contributed by atoms with van der Waals surface area (Å²) in [6, 6.07) is 7.64. The number of carboxylic acid groups (broad SMARTS) is 1. The van der Waals surface area contributed by atoms with Gasteiger partial charge in [0.1, 0.15) is 0 Å². The summed E-state index contributed by atoms with van der Waals surface area (Å²) in [6.45, 7) is 0.871. The first-order chi connectivity index (χ1) is 10.3. The van der Waals surface area contributed by atoms with E-state index in [2.05, 4.69) is 21.2 Å². The quantitative estimate of drug-likeness (QED) is 0.742. The fourth-order valence-electron chi connectivity index (χ4n) is 2.89. The molecule has 1 atom stereocenters. The second kappa shape index (κ2) is 6.38. The van der Waals surface area contributed by atoms with E-state index in [4.69, 9.17) is 5.11 Å². The van der Waals surface area contributed by atoms with Crippen molar-refractivity contribution in [2.45, 2.75) is 43.6 Å². The number of nitrogens with one attached hydrogen (secondary N) is 1. The van der Waals surface area contributed by atoms with E-state index < -0.39 is 17.0 Å². The number of halogens is 1. The Labute approximate surface area is 137 Å². The minimum Gasteiger partial charge on any atom is -0.479 e. The number of hydrogen-bond acceptors (Lipinski definition) is 3. The second-order valence-corrected chi connectivity index (χ2v) is 6.97. The Hall–Kier alpha value is -1.40. The van der Waals surface area contributed by atoms with Crippen molar-refractivity contribution in [2.24, 2.45) is 0 Å². The molecule has 3 N–H and O–H groups in total. The first-order valence-corrected chi connectivity index (χ1v) is 8.07. The van der Waals surface area contributed by atoms with Gasteiger partial charge < -0.3 is 15.5 Å². The number of hydrogen-bond donors (Lipinski definition) is 3. The fourth-order valence-corrected chi connectivity index (χ4v) is 3.16. The van der Waals surface area contributed by atoms with Crippen LogP contribution in [-0.2, 0) is 15.0 Å². The molecule has 1 unspecified atom stereocenters. The molecule has 1 aliphatic rings. The molecule has 1 saturated carbocycles. The first kappa shape index (κ1) is 17.0. The standard InChI is InChI=1S/C16H20BrNO4/c1-15(22,14(20)21)10-18-13(19)16(8-2-3-9-16)11-4-6-12(17)7-5-11/h4-7,22H,2-3,8-10H2,1H3,(H,18,19)(H,20,21). The molecule has 1 aliphatic carbocycles. The van der Waals surface area contributed by atoms with Crippen molar-refractivity contribution in [2.75, 3.05) is 6.54 Å². The molecule has 0 saturated heterocycles. The molecule has 0 bridgehead atoms. The monoisotopic (exact) mass is 369 g/mol. The number of aliphatic carboxylic acids is 1. The van der Waals surface area contributed by atoms with Crippen LogP contribution in [0.5, 0.6) is 0 Å². The van der Waals surface area contributed by atoms with Crippen LogP contribution in [0, 0.1) is 0 Å². The maximum Gasteiger partial charge on any atom is 0.337 e. The van der Waals surface area contributed by atoms with Gasteiger partial charge in [-0.15, -0.1) is 0 Å². The Morgan fingerprint density at radius 2 is 1.82 bits per heavy atom. The number of carboxylic acids is 1. The van der Waals surface area contributed by atoms with Crippen molar-refractivity contribution in [3.63, 3.8) is 0 Å². The summed E-state index contributed by atoms with van der Waals surface area (Å²) < 4.78 is 0.943. The van der Waals surface area contributed by atoms with Crippen molar-refractivity contribution in [1.29, 1.82) is 0 Å². The Bertz CT molecular complexity index is 562. The third-order valence-corrected chi connectivity index (χ3v) is 4.87. The van der Waals surface area contributed by atoms with Gasteiger partial charge in [-0.1, -0.05) is 40.9 Å². The van der Waals surface area contributed by atoms with Crippen LogP contribution in [0.3, 0.4) is 0 Å². The predicted molar refractivity (Wildman–Crippen MR) is 85.6 cm³/mol. The molecule has 0 heterocycles. The minimum atomic E-state index is -1.96. The third kappa shape index (κ3) is 3.33. The molecule has 1 aromatic rings. The predicted octanol–water partition coefficient (Wildman–Crippen LogP) is 2.21. The maximum absolute atomic E-state index is 12.7. The highest BCUT2D eigenvalue weighted by Gasteiger charge is 2.43. The van der Waals surface area contributed by atoms with Gasteiger partial charge >= 0.3 is 5.97 Å². The van der Waals surface area contributed by atoms with E-state index in [0.29, 0.717) is 0 Å². The average Bonchev–Trinajstić information content (AvgIpc) is 2.96. The summed E-state index contributed by atoms with van der Waals surface area (Å²) in [7, 11) is 0. The van der Waals surface area contributed by atoms with Gasteiger partial charge in [0.15, 0.2) is 5.60 Å². The highest BCUT2D eigenvalue weighted by atomic mass is 79.9. The van der Waals surface area contributed by atoms with Crippen LogP contribution in [0.15, 0.2) is 28.7 Å². The molecular weight excluding hydrogens is 350 g/mol. The number of carbonyl (C=O) groups is 2. The lowest BCUT2D eigenvalue weighted by Gasteiger charge is -2.30. The molecule has 5 nitrogen and oxygen atoms in total. The van der Waals surface area contributed by atoms with Crippen LogP contribution in [0.25, 0.3) is 0 Å². The highest BCUT2D eigenvalue weighted by Crippen LogP contribution is 2.41. The lowest BCUT2D eigenvalue weighted by Crippen LogP contribution is -2.51. The number of carbonyl (C=O) groups excluding carboxylic acids is 1. The van der Waals surface area contributed by atoms with Crippen LogP contribution in [0.1, 0.15) is 38.2 Å². The Balaban J connectivity index is 2.19. The summed E-state index contributed by atoms with van der Waals surface area (Å²) in [6.07, 6.45) is 3.38. The van der Waals surface area contributed by atoms with E-state index in [-0.39, 0.29) is 12.5 Å². The van der Waals surface area contributed by atoms with Crippen LogP contribution in [-0.4, -0.2) is 34.2 Å². The van der Waals surface area contributed by atoms with E-state index in [1.165, 1.54) is 6.92 Å². The van der Waals surface area contributed by atoms with E-state index in [1.807, 2.05) is 24.3 Å². The van der Waals surface area contributed by atoms with Gasteiger partial charge in [-0.05, 0) is 37.5 Å². The van der Waals surface area contributed by atoms with Crippen molar-refractivity contribution in [3.8, 4) is 0 Å². The molecule has 0 radical (unpaired) electrons. The number of benzene rings is 1. The van der Waals surface area contributed by atoms with Gasteiger partial charge in [0.25, 0.3) is 0 Å². The first-order valence-electron chi connectivity index (χ1n) is 7.28. The Kier molecular flexibility index (Phi) is 4.92. The molecule has 6 heteroatoms. The molecular formula is C16H20BrNO4. The van der Waals surface area contributed by atoms with Crippen molar-refractivity contribution in [3.05, 3.63) is 34.3 Å². The zero-order valence-corrected chi connectivity index (χ0v) is 14.0. The molecule has 1 amide bonds. The summed E-state index contributed by atoms with van der Waals surface area (Å²) in [4.78, 5) is 23.6. The molecule has 2 rings (SSSR count). The summed E-state index contributed by atoms with van der Waals surface area (Å²) >= 11 is 3.38. The van der Waals surface area contributed by atoms with Gasteiger partial charge in [0, 0.05) is 4.47 Å². The van der Waals surface area contributed by atoms with E-state index in [0.717, 1.165) is 35.7 Å². The van der Waals surface area contributed by atoms with E-state index >= 15 is 0 Å². The smallest absolute Gasteiger partial charge is 0.337 e. The molecule has 0 spiro atoms. The minimum absolute atomic E-state index is 0.214. The second-order valence-electron chi connectivity index (χ2n) is 6.06. The molecule has 22 heavy (non-hydrogen) atoms. The fraction of sp³-hybridized carbons (Fsp3) is 0.500. The number of aliphatic hydroxyl groups is 1. The van der Waals surface area contributed by atoms with Gasteiger partial charge in [0.2, 0.25) is 5.91 Å². The summed E-state index contributed by atoms with van der Waals surface area (Å²) in [5.41, 5.74) is -1.66. The van der Waals surface area contributed by atoms with Crippen LogP contribution in [0.2, 0.25) is 0 Å². The molecule has 1 fully saturated rings. The van der Waals surface area contributed by atoms with Gasteiger partial charge in [-0.3, -0.25) is 4.79 Å². The summed E-state index contributed by atoms with van der Waals surface area (Å²) in [5, 5.41) is 21.3. The largest absolute Gasteiger partial charge is 0.479 e. The van der Waals surface area contributed by atoms with Crippen LogP contribution < -0.4 is 5.32 Å². The van der Waals surface area contributed by atoms with Crippen molar-refractivity contribution in [1.82, 2.24) is 5.32 Å². The zero-order chi connectivity index (χ0) is 16.4. The maximum atomic E-state index is 12.7. The highest BCUT2D eigenvalue weighted by molar-refractivity contribution is 9.10. The van der Waals surface area contributed by atoms with Crippen molar-refractivity contribution < 1.29 is 19.8 Å². The number of amides is 1. The Morgan fingerprint density at radius 1 is 1.27 bits per heavy atom. The topological polar surface area (TPSA) is 86.6 Å². The lowest BCUT2D eigenvalue weighted by molar-refractivity contribution is -0.156. The average molecular weight is 370 g/mol. The molecule has 0 aliphatic heterocycles.